The number of benzene rings is 1. The quantitative estimate of drug-likeness (QED) is 0.591. The SMILES string of the molecule is COCCCOC(=O)c1ccc(NC(N)=O)cc1. The van der Waals surface area contributed by atoms with E-state index in [2.05, 4.69) is 5.32 Å². The summed E-state index contributed by atoms with van der Waals surface area (Å²) in [6, 6.07) is 5.63. The molecular formula is C12H16N2O4. The molecule has 6 heteroatoms. The minimum atomic E-state index is -0.648. The molecule has 0 aliphatic rings. The van der Waals surface area contributed by atoms with Crippen LogP contribution in [0.5, 0.6) is 0 Å². The molecule has 2 amide bonds. The lowest BCUT2D eigenvalue weighted by atomic mass is 10.2. The smallest absolute Gasteiger partial charge is 0.338 e. The topological polar surface area (TPSA) is 90.7 Å². The van der Waals surface area contributed by atoms with Gasteiger partial charge in [0.25, 0.3) is 0 Å². The van der Waals surface area contributed by atoms with Gasteiger partial charge >= 0.3 is 12.0 Å². The number of hydrogen-bond donors (Lipinski definition) is 2. The number of ether oxygens (including phenoxy) is 2. The van der Waals surface area contributed by atoms with Crippen molar-refractivity contribution in [3.8, 4) is 0 Å². The van der Waals surface area contributed by atoms with Gasteiger partial charge in [-0.25, -0.2) is 9.59 Å². The summed E-state index contributed by atoms with van der Waals surface area (Å²) in [5.74, 6) is -0.406. The molecule has 0 aromatic heterocycles. The number of carbonyl (C=O) groups excluding carboxylic acids is 2. The van der Waals surface area contributed by atoms with Gasteiger partial charge in [-0.05, 0) is 24.3 Å². The van der Waals surface area contributed by atoms with E-state index in [1.807, 2.05) is 0 Å². The molecule has 0 saturated heterocycles. The Morgan fingerprint density at radius 3 is 2.44 bits per heavy atom. The lowest BCUT2D eigenvalue weighted by Crippen LogP contribution is -2.19. The first-order valence-electron chi connectivity index (χ1n) is 5.46. The first kappa shape index (κ1) is 14.0. The van der Waals surface area contributed by atoms with Crippen molar-refractivity contribution in [2.24, 2.45) is 5.73 Å². The van der Waals surface area contributed by atoms with Gasteiger partial charge in [-0.2, -0.15) is 0 Å². The number of methoxy groups -OCH3 is 1. The zero-order valence-corrected chi connectivity index (χ0v) is 10.1. The van der Waals surface area contributed by atoms with Gasteiger partial charge in [-0.1, -0.05) is 0 Å². The zero-order valence-electron chi connectivity index (χ0n) is 10.1. The fraction of sp³-hybridized carbons (Fsp3) is 0.333. The molecule has 1 aromatic rings. The Labute approximate surface area is 105 Å². The minimum absolute atomic E-state index is 0.313. The van der Waals surface area contributed by atoms with Crippen molar-refractivity contribution in [2.75, 3.05) is 25.6 Å². The van der Waals surface area contributed by atoms with Gasteiger partial charge in [0.05, 0.1) is 12.2 Å². The molecule has 98 valence electrons. The van der Waals surface area contributed by atoms with Gasteiger partial charge in [0.2, 0.25) is 0 Å². The van der Waals surface area contributed by atoms with Crippen LogP contribution in [0.15, 0.2) is 24.3 Å². The fourth-order valence-electron chi connectivity index (χ4n) is 1.28. The van der Waals surface area contributed by atoms with Crippen molar-refractivity contribution in [1.82, 2.24) is 0 Å². The van der Waals surface area contributed by atoms with Crippen LogP contribution in [-0.2, 0) is 9.47 Å². The van der Waals surface area contributed by atoms with Crippen LogP contribution in [0.4, 0.5) is 10.5 Å². The Morgan fingerprint density at radius 2 is 1.89 bits per heavy atom. The van der Waals surface area contributed by atoms with Crippen LogP contribution in [0, 0.1) is 0 Å². The molecule has 0 heterocycles. The first-order valence-corrected chi connectivity index (χ1v) is 5.46. The highest BCUT2D eigenvalue weighted by molar-refractivity contribution is 5.91. The average molecular weight is 252 g/mol. The van der Waals surface area contributed by atoms with Gasteiger partial charge in [-0.15, -0.1) is 0 Å². The third-order valence-electron chi connectivity index (χ3n) is 2.11. The summed E-state index contributed by atoms with van der Waals surface area (Å²) < 4.78 is 9.86. The lowest BCUT2D eigenvalue weighted by Gasteiger charge is -2.05. The van der Waals surface area contributed by atoms with Crippen LogP contribution in [0.2, 0.25) is 0 Å². The first-order chi connectivity index (χ1) is 8.63. The van der Waals surface area contributed by atoms with Crippen molar-refractivity contribution in [1.29, 1.82) is 0 Å². The monoisotopic (exact) mass is 252 g/mol. The fourth-order valence-corrected chi connectivity index (χ4v) is 1.28. The molecule has 0 saturated carbocycles. The second-order valence-corrected chi connectivity index (χ2v) is 3.55. The number of hydrogen-bond acceptors (Lipinski definition) is 4. The molecule has 0 atom stereocenters. The molecule has 0 aliphatic carbocycles. The molecule has 0 radical (unpaired) electrons. The maximum absolute atomic E-state index is 11.6. The van der Waals surface area contributed by atoms with E-state index in [9.17, 15) is 9.59 Å². The van der Waals surface area contributed by atoms with Crippen molar-refractivity contribution >= 4 is 17.7 Å². The van der Waals surface area contributed by atoms with E-state index in [4.69, 9.17) is 15.2 Å². The number of rotatable bonds is 6. The number of nitrogens with one attached hydrogen (secondary N) is 1. The van der Waals surface area contributed by atoms with Crippen LogP contribution < -0.4 is 11.1 Å². The van der Waals surface area contributed by atoms with Crippen LogP contribution in [0.3, 0.4) is 0 Å². The number of carbonyl (C=O) groups is 2. The molecule has 6 nitrogen and oxygen atoms in total. The number of urea groups is 1. The second-order valence-electron chi connectivity index (χ2n) is 3.55. The normalized spacial score (nSPS) is 9.83. The standard InChI is InChI=1S/C12H16N2O4/c1-17-7-2-8-18-11(15)9-3-5-10(6-4-9)14-12(13)16/h3-6H,2,7-8H2,1H3,(H3,13,14,16). The maximum atomic E-state index is 11.6. The summed E-state index contributed by atoms with van der Waals surface area (Å²) in [6.45, 7) is 0.864. The Bertz CT molecular complexity index is 403. The highest BCUT2D eigenvalue weighted by Gasteiger charge is 2.06. The van der Waals surface area contributed by atoms with Crippen molar-refractivity contribution in [3.05, 3.63) is 29.8 Å². The van der Waals surface area contributed by atoms with Crippen LogP contribution in [0.25, 0.3) is 0 Å². The van der Waals surface area contributed by atoms with Crippen LogP contribution in [-0.4, -0.2) is 32.3 Å². The van der Waals surface area contributed by atoms with Crippen molar-refractivity contribution in [2.45, 2.75) is 6.42 Å². The van der Waals surface area contributed by atoms with E-state index in [1.165, 1.54) is 0 Å². The van der Waals surface area contributed by atoms with E-state index in [0.29, 0.717) is 30.9 Å². The van der Waals surface area contributed by atoms with Gasteiger partial charge in [0, 0.05) is 25.8 Å². The molecule has 18 heavy (non-hydrogen) atoms. The number of esters is 1. The summed E-state index contributed by atoms with van der Waals surface area (Å²) >= 11 is 0. The molecule has 3 N–H and O–H groups in total. The summed E-state index contributed by atoms with van der Waals surface area (Å²) in [5.41, 5.74) is 5.91. The predicted octanol–water partition coefficient (Wildman–Crippen LogP) is 1.37. The average Bonchev–Trinajstić information content (AvgIpc) is 2.34. The number of anilines is 1. The molecule has 0 bridgehead atoms. The molecule has 1 rings (SSSR count). The molecule has 0 fully saturated rings. The van der Waals surface area contributed by atoms with E-state index in [1.54, 1.807) is 31.4 Å². The largest absolute Gasteiger partial charge is 0.462 e. The molecule has 1 aromatic carbocycles. The third-order valence-corrected chi connectivity index (χ3v) is 2.11. The van der Waals surface area contributed by atoms with Crippen molar-refractivity contribution < 1.29 is 19.1 Å². The summed E-state index contributed by atoms with van der Waals surface area (Å²) in [7, 11) is 1.59. The molecule has 0 spiro atoms. The Morgan fingerprint density at radius 1 is 1.22 bits per heavy atom. The summed E-state index contributed by atoms with van der Waals surface area (Å²) in [5, 5.41) is 2.40. The summed E-state index contributed by atoms with van der Waals surface area (Å²) in [6.07, 6.45) is 0.656. The number of amides is 2. The molecule has 0 unspecified atom stereocenters. The highest BCUT2D eigenvalue weighted by Crippen LogP contribution is 2.10. The van der Waals surface area contributed by atoms with Gasteiger partial charge in [0.1, 0.15) is 0 Å². The predicted molar refractivity (Wildman–Crippen MR) is 66.4 cm³/mol. The van der Waals surface area contributed by atoms with E-state index >= 15 is 0 Å². The Hall–Kier alpha value is -2.08. The number of nitrogens with two attached hydrogens (primary N) is 1. The zero-order chi connectivity index (χ0) is 13.4. The van der Waals surface area contributed by atoms with Crippen molar-refractivity contribution in [3.63, 3.8) is 0 Å². The molecular weight excluding hydrogens is 236 g/mol. The number of primary amides is 1. The molecule has 0 aliphatic heterocycles. The van der Waals surface area contributed by atoms with E-state index in [0.717, 1.165) is 0 Å². The van der Waals surface area contributed by atoms with E-state index < -0.39 is 12.0 Å². The van der Waals surface area contributed by atoms with E-state index in [-0.39, 0.29) is 0 Å². The Kier molecular flexibility index (Phi) is 5.66. The van der Waals surface area contributed by atoms with Gasteiger partial charge < -0.3 is 20.5 Å². The Balaban J connectivity index is 2.46. The summed E-state index contributed by atoms with van der Waals surface area (Å²) in [4.78, 5) is 22.2. The minimum Gasteiger partial charge on any atom is -0.462 e. The van der Waals surface area contributed by atoms with Gasteiger partial charge in [-0.3, -0.25) is 0 Å². The van der Waals surface area contributed by atoms with Gasteiger partial charge in [0.15, 0.2) is 0 Å². The highest BCUT2D eigenvalue weighted by atomic mass is 16.5. The van der Waals surface area contributed by atoms with Crippen LogP contribution >= 0.6 is 0 Å². The second kappa shape index (κ2) is 7.29. The lowest BCUT2D eigenvalue weighted by molar-refractivity contribution is 0.0468. The van der Waals surface area contributed by atoms with Crippen LogP contribution in [0.1, 0.15) is 16.8 Å². The maximum Gasteiger partial charge on any atom is 0.338 e. The third kappa shape index (κ3) is 4.84.